The summed E-state index contributed by atoms with van der Waals surface area (Å²) in [5.74, 6) is 1.57. The normalized spacial score (nSPS) is 18.6. The summed E-state index contributed by atoms with van der Waals surface area (Å²) in [6.07, 6.45) is 9.35. The highest BCUT2D eigenvalue weighted by atomic mass is 79.9. The van der Waals surface area contributed by atoms with Crippen LogP contribution in [-0.2, 0) is 0 Å². The van der Waals surface area contributed by atoms with Crippen molar-refractivity contribution in [2.45, 2.75) is 51.5 Å². The van der Waals surface area contributed by atoms with Crippen molar-refractivity contribution in [3.05, 3.63) is 16.0 Å². The molecule has 1 unspecified atom stereocenters. The van der Waals surface area contributed by atoms with Gasteiger partial charge in [-0.15, -0.1) is 0 Å². The Morgan fingerprint density at radius 3 is 2.78 bits per heavy atom. The van der Waals surface area contributed by atoms with E-state index in [4.69, 9.17) is 11.6 Å². The molecule has 0 bridgehead atoms. The first-order chi connectivity index (χ1) is 8.72. The molecule has 1 saturated carbocycles. The maximum atomic E-state index is 5.99. The number of hydrogen-bond donors (Lipinski definition) is 1. The van der Waals surface area contributed by atoms with Crippen LogP contribution in [0.2, 0.25) is 5.15 Å². The average molecular weight is 333 g/mol. The molecule has 1 aromatic rings. The molecule has 1 aromatic heterocycles. The van der Waals surface area contributed by atoms with Gasteiger partial charge in [0.15, 0.2) is 0 Å². The molecule has 2 rings (SSSR count). The Hall–Kier alpha value is -0.350. The van der Waals surface area contributed by atoms with Gasteiger partial charge < -0.3 is 5.32 Å². The Morgan fingerprint density at radius 2 is 2.11 bits per heavy atom. The molecule has 100 valence electrons. The van der Waals surface area contributed by atoms with Crippen LogP contribution in [0.25, 0.3) is 0 Å². The van der Waals surface area contributed by atoms with Gasteiger partial charge in [-0.3, -0.25) is 0 Å². The zero-order valence-electron chi connectivity index (χ0n) is 10.6. The fourth-order valence-electron chi connectivity index (χ4n) is 2.71. The fraction of sp³-hybridized carbons (Fsp3) is 0.692. The van der Waals surface area contributed by atoms with Gasteiger partial charge in [0.2, 0.25) is 0 Å². The summed E-state index contributed by atoms with van der Waals surface area (Å²) in [6.45, 7) is 2.23. The Labute approximate surface area is 122 Å². The number of nitrogens with zero attached hydrogens (tertiary/aromatic N) is 2. The van der Waals surface area contributed by atoms with E-state index in [2.05, 4.69) is 38.1 Å². The van der Waals surface area contributed by atoms with Crippen molar-refractivity contribution in [3.8, 4) is 0 Å². The standard InChI is InChI=1S/C13H19BrClN3/c1-2-10(9-6-4-3-5-7-9)18-13-11(14)12(15)16-8-17-13/h8-10H,2-7H2,1H3,(H,16,17,18). The van der Waals surface area contributed by atoms with Crippen LogP contribution in [0.15, 0.2) is 10.8 Å². The summed E-state index contributed by atoms with van der Waals surface area (Å²) in [5, 5.41) is 3.99. The third-order valence-corrected chi connectivity index (χ3v) is 4.99. The minimum Gasteiger partial charge on any atom is -0.366 e. The first kappa shape index (κ1) is 14.1. The van der Waals surface area contributed by atoms with Crippen molar-refractivity contribution < 1.29 is 0 Å². The summed E-state index contributed by atoms with van der Waals surface area (Å²) in [4.78, 5) is 8.22. The number of halogens is 2. The lowest BCUT2D eigenvalue weighted by atomic mass is 9.83. The molecule has 5 heteroatoms. The Bertz CT molecular complexity index is 394. The quantitative estimate of drug-likeness (QED) is 0.815. The molecule has 0 spiro atoms. The third-order valence-electron chi connectivity index (χ3n) is 3.73. The molecule has 1 aliphatic carbocycles. The fourth-order valence-corrected chi connectivity index (χ4v) is 3.17. The van der Waals surface area contributed by atoms with Gasteiger partial charge in [-0.2, -0.15) is 0 Å². The van der Waals surface area contributed by atoms with Crippen LogP contribution in [0.1, 0.15) is 45.4 Å². The molecule has 3 nitrogen and oxygen atoms in total. The van der Waals surface area contributed by atoms with Gasteiger partial charge in [-0.25, -0.2) is 9.97 Å². The van der Waals surface area contributed by atoms with E-state index in [0.717, 1.165) is 22.6 Å². The maximum Gasteiger partial charge on any atom is 0.148 e. The van der Waals surface area contributed by atoms with Crippen LogP contribution in [0.3, 0.4) is 0 Å². The van der Waals surface area contributed by atoms with Crippen LogP contribution >= 0.6 is 27.5 Å². The lowest BCUT2D eigenvalue weighted by Crippen LogP contribution is -2.30. The minimum absolute atomic E-state index is 0.464. The first-order valence-corrected chi connectivity index (χ1v) is 7.82. The molecule has 1 heterocycles. The molecular weight excluding hydrogens is 314 g/mol. The van der Waals surface area contributed by atoms with E-state index in [1.165, 1.54) is 38.4 Å². The highest BCUT2D eigenvalue weighted by molar-refractivity contribution is 9.10. The predicted molar refractivity (Wildman–Crippen MR) is 79.0 cm³/mol. The minimum atomic E-state index is 0.464. The van der Waals surface area contributed by atoms with E-state index in [9.17, 15) is 0 Å². The van der Waals surface area contributed by atoms with Crippen LogP contribution < -0.4 is 5.32 Å². The third kappa shape index (κ3) is 3.35. The van der Waals surface area contributed by atoms with E-state index in [1.54, 1.807) is 0 Å². The number of anilines is 1. The van der Waals surface area contributed by atoms with Crippen molar-refractivity contribution in [2.24, 2.45) is 5.92 Å². The van der Waals surface area contributed by atoms with Gasteiger partial charge in [0.05, 0.1) is 4.47 Å². The molecule has 1 fully saturated rings. The summed E-state index contributed by atoms with van der Waals surface area (Å²) in [6, 6.07) is 0.479. The Balaban J connectivity index is 2.07. The Kier molecular flexibility index (Phi) is 5.25. The van der Waals surface area contributed by atoms with E-state index >= 15 is 0 Å². The van der Waals surface area contributed by atoms with E-state index < -0.39 is 0 Å². The van der Waals surface area contributed by atoms with E-state index in [1.807, 2.05) is 0 Å². The number of aromatic nitrogens is 2. The summed E-state index contributed by atoms with van der Waals surface area (Å²) in [5.41, 5.74) is 0. The van der Waals surface area contributed by atoms with Crippen LogP contribution in [-0.4, -0.2) is 16.0 Å². The van der Waals surface area contributed by atoms with Crippen molar-refractivity contribution in [2.75, 3.05) is 5.32 Å². The molecule has 0 aliphatic heterocycles. The molecule has 1 N–H and O–H groups in total. The van der Waals surface area contributed by atoms with E-state index in [0.29, 0.717) is 11.2 Å². The second-order valence-corrected chi connectivity index (χ2v) is 6.04. The molecule has 0 aromatic carbocycles. The van der Waals surface area contributed by atoms with Gasteiger partial charge in [-0.1, -0.05) is 37.8 Å². The van der Waals surface area contributed by atoms with E-state index in [-0.39, 0.29) is 0 Å². The summed E-state index contributed by atoms with van der Waals surface area (Å²) in [7, 11) is 0. The molecule has 1 atom stereocenters. The molecule has 0 radical (unpaired) electrons. The second kappa shape index (κ2) is 6.71. The van der Waals surface area contributed by atoms with Gasteiger partial charge >= 0.3 is 0 Å². The SMILES string of the molecule is CCC(Nc1ncnc(Cl)c1Br)C1CCCCC1. The second-order valence-electron chi connectivity index (χ2n) is 4.88. The molecular formula is C13H19BrClN3. The summed E-state index contributed by atoms with van der Waals surface area (Å²) < 4.78 is 0.765. The van der Waals surface area contributed by atoms with Crippen LogP contribution in [0, 0.1) is 5.92 Å². The topological polar surface area (TPSA) is 37.8 Å². The van der Waals surface area contributed by atoms with Crippen molar-refractivity contribution in [3.63, 3.8) is 0 Å². The monoisotopic (exact) mass is 331 g/mol. The zero-order chi connectivity index (χ0) is 13.0. The van der Waals surface area contributed by atoms with Crippen molar-refractivity contribution in [1.29, 1.82) is 0 Å². The molecule has 0 amide bonds. The number of nitrogens with one attached hydrogen (secondary N) is 1. The maximum absolute atomic E-state index is 5.99. The number of hydrogen-bond acceptors (Lipinski definition) is 3. The Morgan fingerprint density at radius 1 is 1.39 bits per heavy atom. The average Bonchev–Trinajstić information content (AvgIpc) is 2.41. The predicted octanol–water partition coefficient (Wildman–Crippen LogP) is 4.66. The largest absolute Gasteiger partial charge is 0.366 e. The lowest BCUT2D eigenvalue weighted by molar-refractivity contribution is 0.312. The van der Waals surface area contributed by atoms with Gasteiger partial charge in [0.1, 0.15) is 17.3 Å². The number of rotatable bonds is 4. The summed E-state index contributed by atoms with van der Waals surface area (Å²) >= 11 is 9.43. The van der Waals surface area contributed by atoms with Gasteiger partial charge in [-0.05, 0) is 41.1 Å². The van der Waals surface area contributed by atoms with Crippen molar-refractivity contribution >= 4 is 33.3 Å². The highest BCUT2D eigenvalue weighted by Crippen LogP contribution is 2.32. The smallest absolute Gasteiger partial charge is 0.148 e. The first-order valence-electron chi connectivity index (χ1n) is 6.65. The van der Waals surface area contributed by atoms with Crippen LogP contribution in [0.5, 0.6) is 0 Å². The van der Waals surface area contributed by atoms with Crippen LogP contribution in [0.4, 0.5) is 5.82 Å². The molecule has 0 saturated heterocycles. The van der Waals surface area contributed by atoms with Crippen molar-refractivity contribution in [1.82, 2.24) is 9.97 Å². The molecule has 1 aliphatic rings. The van der Waals surface area contributed by atoms with Gasteiger partial charge in [0.25, 0.3) is 0 Å². The van der Waals surface area contributed by atoms with Gasteiger partial charge in [0, 0.05) is 6.04 Å². The lowest BCUT2D eigenvalue weighted by Gasteiger charge is -2.30. The zero-order valence-corrected chi connectivity index (χ0v) is 13.0. The highest BCUT2D eigenvalue weighted by Gasteiger charge is 2.23. The molecule has 18 heavy (non-hydrogen) atoms.